The molecule has 0 rings (SSSR count). The van der Waals surface area contributed by atoms with E-state index in [2.05, 4.69) is 27.7 Å². The van der Waals surface area contributed by atoms with Gasteiger partial charge in [0, 0.05) is 0 Å². The lowest BCUT2D eigenvalue weighted by Gasteiger charge is -2.17. The van der Waals surface area contributed by atoms with Gasteiger partial charge in [-0.15, -0.1) is 0 Å². The minimum absolute atomic E-state index is 0.872. The van der Waals surface area contributed by atoms with E-state index >= 15 is 0 Å². The molecule has 2 atom stereocenters. The molecule has 67 valence electrons. The summed E-state index contributed by atoms with van der Waals surface area (Å²) in [5, 5.41) is 0. The maximum atomic E-state index is 3.97. The molecule has 0 N–H and O–H groups in total. The van der Waals surface area contributed by atoms with Crippen LogP contribution in [0.1, 0.15) is 52.9 Å². The Morgan fingerprint density at radius 3 is 2.27 bits per heavy atom. The van der Waals surface area contributed by atoms with Gasteiger partial charge >= 0.3 is 0 Å². The Morgan fingerprint density at radius 1 is 1.27 bits per heavy atom. The fourth-order valence-corrected chi connectivity index (χ4v) is 1.67. The first kappa shape index (κ1) is 11.0. The summed E-state index contributed by atoms with van der Waals surface area (Å²) >= 11 is 0. The lowest BCUT2D eigenvalue weighted by molar-refractivity contribution is 0.364. The topological polar surface area (TPSA) is 0 Å². The fourth-order valence-electron chi connectivity index (χ4n) is 1.67. The van der Waals surface area contributed by atoms with Gasteiger partial charge in [0.15, 0.2) is 0 Å². The van der Waals surface area contributed by atoms with E-state index < -0.39 is 0 Å². The van der Waals surface area contributed by atoms with Gasteiger partial charge in [0.1, 0.15) is 0 Å². The summed E-state index contributed by atoms with van der Waals surface area (Å²) < 4.78 is 0. The molecule has 0 nitrogen and oxygen atoms in total. The van der Waals surface area contributed by atoms with Gasteiger partial charge in [0.2, 0.25) is 0 Å². The zero-order valence-corrected chi connectivity index (χ0v) is 8.40. The van der Waals surface area contributed by atoms with Gasteiger partial charge in [-0.2, -0.15) is 0 Å². The van der Waals surface area contributed by atoms with Crippen molar-refractivity contribution in [3.63, 3.8) is 0 Å². The van der Waals surface area contributed by atoms with Crippen LogP contribution in [0.5, 0.6) is 0 Å². The Hall–Kier alpha value is 0. The van der Waals surface area contributed by atoms with Crippen molar-refractivity contribution in [1.82, 2.24) is 0 Å². The van der Waals surface area contributed by atoms with Gasteiger partial charge in [-0.05, 0) is 18.3 Å². The molecule has 0 aliphatic rings. The predicted octanol–water partition coefficient (Wildman–Crippen LogP) is 4.06. The normalized spacial score (nSPS) is 13.9. The smallest absolute Gasteiger partial charge is 0.0414 e. The molecule has 0 amide bonds. The van der Waals surface area contributed by atoms with E-state index in [9.17, 15) is 0 Å². The van der Waals surface area contributed by atoms with Gasteiger partial charge in [-0.3, -0.25) is 0 Å². The van der Waals surface area contributed by atoms with Crippen molar-refractivity contribution in [2.45, 2.75) is 52.9 Å². The monoisotopic (exact) mass is 155 g/mol. The molecule has 0 fully saturated rings. The van der Waals surface area contributed by atoms with Crippen LogP contribution in [0.15, 0.2) is 0 Å². The molecular weight excluding hydrogens is 132 g/mol. The fraction of sp³-hybridized carbons (Fsp3) is 0.909. The Morgan fingerprint density at radius 2 is 1.91 bits per heavy atom. The van der Waals surface area contributed by atoms with Crippen molar-refractivity contribution >= 4 is 0 Å². The lowest BCUT2D eigenvalue weighted by atomic mass is 9.89. The standard InChI is InChI=1S/C11H23/c1-5-8-10(4)9-11(6-2)7-3/h10-11H,2,5-9H2,1,3-4H3. The van der Waals surface area contributed by atoms with E-state index in [-0.39, 0.29) is 0 Å². The van der Waals surface area contributed by atoms with Crippen LogP contribution in [-0.2, 0) is 0 Å². The van der Waals surface area contributed by atoms with Crippen LogP contribution in [0.2, 0.25) is 0 Å². The molecule has 0 aliphatic heterocycles. The molecular formula is C11H23. The van der Waals surface area contributed by atoms with Crippen molar-refractivity contribution in [2.24, 2.45) is 11.8 Å². The molecule has 11 heavy (non-hydrogen) atoms. The van der Waals surface area contributed by atoms with Crippen LogP contribution in [-0.4, -0.2) is 0 Å². The van der Waals surface area contributed by atoms with Crippen LogP contribution < -0.4 is 0 Å². The highest BCUT2D eigenvalue weighted by atomic mass is 14.1. The summed E-state index contributed by atoms with van der Waals surface area (Å²) in [4.78, 5) is 0. The average Bonchev–Trinajstić information content (AvgIpc) is 2.01. The van der Waals surface area contributed by atoms with Crippen LogP contribution in [0.25, 0.3) is 0 Å². The van der Waals surface area contributed by atoms with Crippen molar-refractivity contribution < 1.29 is 0 Å². The Balaban J connectivity index is 3.44. The maximum Gasteiger partial charge on any atom is -0.0414 e. The first-order valence-electron chi connectivity index (χ1n) is 5.03. The van der Waals surface area contributed by atoms with Crippen LogP contribution in [0, 0.1) is 18.8 Å². The van der Waals surface area contributed by atoms with E-state index in [1.807, 2.05) is 0 Å². The largest absolute Gasteiger partial charge is 0.0654 e. The average molecular weight is 155 g/mol. The molecule has 0 aromatic rings. The SMILES string of the molecule is [CH2]CC(CC)CC(C)CCC. The maximum absolute atomic E-state index is 3.97. The minimum atomic E-state index is 0.872. The summed E-state index contributed by atoms with van der Waals surface area (Å²) in [6, 6.07) is 0. The third-order valence-electron chi connectivity index (χ3n) is 2.50. The van der Waals surface area contributed by atoms with Gasteiger partial charge in [-0.25, -0.2) is 0 Å². The van der Waals surface area contributed by atoms with E-state index in [1.165, 1.54) is 25.7 Å². The van der Waals surface area contributed by atoms with E-state index in [0.29, 0.717) is 0 Å². The van der Waals surface area contributed by atoms with Crippen molar-refractivity contribution in [3.8, 4) is 0 Å². The zero-order chi connectivity index (χ0) is 8.69. The molecule has 0 bridgehead atoms. The van der Waals surface area contributed by atoms with Crippen LogP contribution in [0.3, 0.4) is 0 Å². The first-order valence-corrected chi connectivity index (χ1v) is 5.03. The molecule has 0 spiro atoms. The third-order valence-corrected chi connectivity index (χ3v) is 2.50. The highest BCUT2D eigenvalue weighted by Crippen LogP contribution is 2.21. The van der Waals surface area contributed by atoms with E-state index in [1.54, 1.807) is 0 Å². The van der Waals surface area contributed by atoms with E-state index in [4.69, 9.17) is 0 Å². The van der Waals surface area contributed by atoms with Crippen molar-refractivity contribution in [3.05, 3.63) is 6.92 Å². The predicted molar refractivity (Wildman–Crippen MR) is 52.4 cm³/mol. The second kappa shape index (κ2) is 6.69. The molecule has 0 saturated carbocycles. The van der Waals surface area contributed by atoms with Gasteiger partial charge in [-0.1, -0.05) is 53.4 Å². The Bertz CT molecular complexity index is 72.1. The molecule has 0 aromatic heterocycles. The van der Waals surface area contributed by atoms with Crippen molar-refractivity contribution in [2.75, 3.05) is 0 Å². The quantitative estimate of drug-likeness (QED) is 0.542. The molecule has 1 radical (unpaired) electrons. The zero-order valence-electron chi connectivity index (χ0n) is 8.40. The molecule has 0 heterocycles. The number of hydrogen-bond acceptors (Lipinski definition) is 0. The third kappa shape index (κ3) is 5.29. The summed E-state index contributed by atoms with van der Waals surface area (Å²) in [5.74, 6) is 1.78. The van der Waals surface area contributed by atoms with E-state index in [0.717, 1.165) is 18.3 Å². The molecule has 0 aliphatic carbocycles. The van der Waals surface area contributed by atoms with Crippen LogP contribution in [0.4, 0.5) is 0 Å². The Kier molecular flexibility index (Phi) is 6.69. The number of hydrogen-bond donors (Lipinski definition) is 0. The summed E-state index contributed by atoms with van der Waals surface area (Å²) in [6.07, 6.45) is 6.52. The van der Waals surface area contributed by atoms with Crippen molar-refractivity contribution in [1.29, 1.82) is 0 Å². The highest BCUT2D eigenvalue weighted by Gasteiger charge is 2.08. The Labute approximate surface area is 72.4 Å². The molecule has 2 unspecified atom stereocenters. The second-order valence-electron chi connectivity index (χ2n) is 3.69. The molecule has 0 heteroatoms. The second-order valence-corrected chi connectivity index (χ2v) is 3.69. The summed E-state index contributed by atoms with van der Waals surface area (Å²) in [6.45, 7) is 10.9. The molecule has 0 saturated heterocycles. The van der Waals surface area contributed by atoms with Gasteiger partial charge in [0.05, 0.1) is 0 Å². The van der Waals surface area contributed by atoms with Crippen LogP contribution >= 0.6 is 0 Å². The number of rotatable bonds is 6. The summed E-state index contributed by atoms with van der Waals surface area (Å²) in [7, 11) is 0. The summed E-state index contributed by atoms with van der Waals surface area (Å²) in [5.41, 5.74) is 0. The van der Waals surface area contributed by atoms with Gasteiger partial charge in [0.25, 0.3) is 0 Å². The molecule has 0 aromatic carbocycles. The highest BCUT2D eigenvalue weighted by molar-refractivity contribution is 4.63. The minimum Gasteiger partial charge on any atom is -0.0654 e. The first-order chi connectivity index (χ1) is 5.24. The van der Waals surface area contributed by atoms with Gasteiger partial charge < -0.3 is 0 Å². The lowest BCUT2D eigenvalue weighted by Crippen LogP contribution is -2.04.